The number of aromatic amines is 1. The van der Waals surface area contributed by atoms with Gasteiger partial charge in [-0.25, -0.2) is 4.98 Å². The van der Waals surface area contributed by atoms with E-state index >= 15 is 0 Å². The lowest BCUT2D eigenvalue weighted by Crippen LogP contribution is -2.02. The van der Waals surface area contributed by atoms with E-state index in [-0.39, 0.29) is 15.9 Å². The summed E-state index contributed by atoms with van der Waals surface area (Å²) in [6.07, 6.45) is 0. The molecule has 8 heteroatoms. The number of nitrogens with zero attached hydrogens (tertiary/aromatic N) is 1. The molecule has 0 bridgehead atoms. The number of aromatic nitrogens is 2. The predicted molar refractivity (Wildman–Crippen MR) is 70.4 cm³/mol. The number of imidazole rings is 1. The lowest BCUT2D eigenvalue weighted by Gasteiger charge is -2.04. The van der Waals surface area contributed by atoms with Crippen LogP contribution in [0.3, 0.4) is 0 Å². The van der Waals surface area contributed by atoms with Crippen molar-refractivity contribution in [2.45, 2.75) is 3.79 Å². The zero-order valence-corrected chi connectivity index (χ0v) is 11.8. The zero-order valence-electron chi connectivity index (χ0n) is 7.29. The molecular formula is C8H2Cl6N2. The van der Waals surface area contributed by atoms with E-state index in [0.717, 1.165) is 0 Å². The summed E-state index contributed by atoms with van der Waals surface area (Å²) in [7, 11) is 0. The van der Waals surface area contributed by atoms with Crippen molar-refractivity contribution < 1.29 is 0 Å². The van der Waals surface area contributed by atoms with Gasteiger partial charge in [-0.05, 0) is 6.07 Å². The van der Waals surface area contributed by atoms with E-state index < -0.39 is 3.79 Å². The average molecular weight is 339 g/mol. The number of hydrogen-bond donors (Lipinski definition) is 1. The highest BCUT2D eigenvalue weighted by Gasteiger charge is 2.28. The molecule has 0 aliphatic rings. The molecule has 0 aliphatic heterocycles. The van der Waals surface area contributed by atoms with Crippen molar-refractivity contribution in [1.29, 1.82) is 0 Å². The van der Waals surface area contributed by atoms with Crippen LogP contribution < -0.4 is 0 Å². The highest BCUT2D eigenvalue weighted by molar-refractivity contribution is 6.66. The fourth-order valence-corrected chi connectivity index (χ4v) is 2.10. The smallest absolute Gasteiger partial charge is 0.248 e. The van der Waals surface area contributed by atoms with Crippen LogP contribution in [-0.2, 0) is 3.79 Å². The number of alkyl halides is 3. The molecule has 0 spiro atoms. The van der Waals surface area contributed by atoms with Crippen LogP contribution in [0.4, 0.5) is 0 Å². The summed E-state index contributed by atoms with van der Waals surface area (Å²) in [5.74, 6) is 0.160. The average Bonchev–Trinajstić information content (AvgIpc) is 2.57. The monoisotopic (exact) mass is 336 g/mol. The molecule has 1 N–H and O–H groups in total. The second kappa shape index (κ2) is 4.27. The Balaban J connectivity index is 2.77. The van der Waals surface area contributed by atoms with Crippen LogP contribution in [0.1, 0.15) is 5.82 Å². The molecule has 2 aromatic rings. The standard InChI is InChI=1S/C8H2Cl6N2/c9-2-1-3-6(5(11)4(2)10)16-7(15-3)8(12,13)14/h1H,(H,15,16). The normalized spacial score (nSPS) is 12.4. The molecule has 0 unspecified atom stereocenters. The van der Waals surface area contributed by atoms with Gasteiger partial charge in [-0.1, -0.05) is 69.6 Å². The molecule has 2 nitrogen and oxygen atoms in total. The molecule has 86 valence electrons. The Morgan fingerprint density at radius 3 is 2.25 bits per heavy atom. The molecule has 16 heavy (non-hydrogen) atoms. The molecule has 0 fully saturated rings. The molecule has 1 aromatic heterocycles. The minimum atomic E-state index is -1.65. The summed E-state index contributed by atoms with van der Waals surface area (Å²) in [5, 5.41) is 0.748. The first-order valence-corrected chi connectivity index (χ1v) is 6.18. The summed E-state index contributed by atoms with van der Waals surface area (Å²) in [5.41, 5.74) is 0.970. The lowest BCUT2D eigenvalue weighted by atomic mass is 10.3. The van der Waals surface area contributed by atoms with Crippen LogP contribution in [0.5, 0.6) is 0 Å². The van der Waals surface area contributed by atoms with Crippen LogP contribution in [-0.4, -0.2) is 9.97 Å². The van der Waals surface area contributed by atoms with Gasteiger partial charge in [0.05, 0.1) is 20.6 Å². The van der Waals surface area contributed by atoms with E-state index in [1.54, 1.807) is 6.07 Å². The Bertz CT molecular complexity index is 556. The van der Waals surface area contributed by atoms with E-state index in [4.69, 9.17) is 69.6 Å². The molecule has 0 aliphatic carbocycles. The van der Waals surface area contributed by atoms with Crippen molar-refractivity contribution in [1.82, 2.24) is 9.97 Å². The molecule has 1 aromatic carbocycles. The van der Waals surface area contributed by atoms with Gasteiger partial charge in [-0.2, -0.15) is 0 Å². The van der Waals surface area contributed by atoms with E-state index in [9.17, 15) is 0 Å². The quantitative estimate of drug-likeness (QED) is 0.509. The number of fused-ring (bicyclic) bond motifs is 1. The molecule has 0 radical (unpaired) electrons. The summed E-state index contributed by atoms with van der Waals surface area (Å²) >= 11 is 34.8. The highest BCUT2D eigenvalue weighted by atomic mass is 35.6. The number of hydrogen-bond acceptors (Lipinski definition) is 1. The Morgan fingerprint density at radius 1 is 1.06 bits per heavy atom. The molecule has 0 atom stereocenters. The maximum Gasteiger partial charge on any atom is 0.248 e. The second-order valence-electron chi connectivity index (χ2n) is 2.97. The van der Waals surface area contributed by atoms with Crippen molar-refractivity contribution in [3.8, 4) is 0 Å². The SMILES string of the molecule is Clc1cc2[nH]c(C(Cl)(Cl)Cl)nc2c(Cl)c1Cl. The van der Waals surface area contributed by atoms with E-state index in [1.165, 1.54) is 0 Å². The van der Waals surface area contributed by atoms with Gasteiger partial charge in [0.2, 0.25) is 3.79 Å². The van der Waals surface area contributed by atoms with E-state index in [0.29, 0.717) is 16.1 Å². The van der Waals surface area contributed by atoms with Gasteiger partial charge >= 0.3 is 0 Å². The Morgan fingerprint density at radius 2 is 1.69 bits per heavy atom. The minimum absolute atomic E-state index is 0.160. The van der Waals surface area contributed by atoms with Crippen molar-refractivity contribution in [3.05, 3.63) is 27.0 Å². The zero-order chi connectivity index (χ0) is 12.1. The fourth-order valence-electron chi connectivity index (χ4n) is 1.19. The summed E-state index contributed by atoms with van der Waals surface area (Å²) < 4.78 is -1.65. The first-order chi connectivity index (χ1) is 7.30. The molecule has 1 heterocycles. The van der Waals surface area contributed by atoms with Gasteiger partial charge in [-0.15, -0.1) is 0 Å². The van der Waals surface area contributed by atoms with Gasteiger partial charge in [0.1, 0.15) is 5.52 Å². The third-order valence-electron chi connectivity index (χ3n) is 1.88. The molecule has 0 saturated heterocycles. The first-order valence-electron chi connectivity index (χ1n) is 3.91. The second-order valence-corrected chi connectivity index (χ2v) is 6.41. The van der Waals surface area contributed by atoms with Crippen molar-refractivity contribution in [3.63, 3.8) is 0 Å². The molecule has 2 rings (SSSR count). The largest absolute Gasteiger partial charge is 0.338 e. The van der Waals surface area contributed by atoms with Crippen molar-refractivity contribution in [2.75, 3.05) is 0 Å². The third kappa shape index (κ3) is 2.20. The Hall–Kier alpha value is 0.430. The fraction of sp³-hybridized carbons (Fsp3) is 0.125. The van der Waals surface area contributed by atoms with Crippen molar-refractivity contribution >= 4 is 80.6 Å². The summed E-state index contributed by atoms with van der Waals surface area (Å²) in [6.45, 7) is 0. The lowest BCUT2D eigenvalue weighted by molar-refractivity contribution is 1.05. The highest BCUT2D eigenvalue weighted by Crippen LogP contribution is 2.40. The Kier molecular flexibility index (Phi) is 3.44. The maximum atomic E-state index is 5.97. The Labute approximate surface area is 121 Å². The van der Waals surface area contributed by atoms with Crippen molar-refractivity contribution in [2.24, 2.45) is 0 Å². The van der Waals surface area contributed by atoms with Crippen LogP contribution in [0.25, 0.3) is 11.0 Å². The van der Waals surface area contributed by atoms with Gasteiger partial charge in [-0.3, -0.25) is 0 Å². The number of benzene rings is 1. The number of rotatable bonds is 0. The third-order valence-corrected chi connectivity index (χ3v) is 3.67. The van der Waals surface area contributed by atoms with E-state index in [1.807, 2.05) is 0 Å². The molecule has 0 amide bonds. The van der Waals surface area contributed by atoms with Crippen LogP contribution in [0.15, 0.2) is 6.07 Å². The molecular weight excluding hydrogens is 337 g/mol. The summed E-state index contributed by atoms with van der Waals surface area (Å²) in [6, 6.07) is 1.57. The number of nitrogens with one attached hydrogen (secondary N) is 1. The summed E-state index contributed by atoms with van der Waals surface area (Å²) in [4.78, 5) is 6.87. The van der Waals surface area contributed by atoms with Crippen LogP contribution in [0.2, 0.25) is 15.1 Å². The van der Waals surface area contributed by atoms with Crippen LogP contribution >= 0.6 is 69.6 Å². The van der Waals surface area contributed by atoms with Gasteiger partial charge < -0.3 is 4.98 Å². The van der Waals surface area contributed by atoms with Gasteiger partial charge in [0, 0.05) is 0 Å². The number of H-pyrrole nitrogens is 1. The number of halogens is 6. The molecule has 0 saturated carbocycles. The van der Waals surface area contributed by atoms with E-state index in [2.05, 4.69) is 9.97 Å². The van der Waals surface area contributed by atoms with Gasteiger partial charge in [0.15, 0.2) is 5.82 Å². The topological polar surface area (TPSA) is 28.7 Å². The maximum absolute atomic E-state index is 5.97. The van der Waals surface area contributed by atoms with Gasteiger partial charge in [0.25, 0.3) is 0 Å². The predicted octanol–water partition coefficient (Wildman–Crippen LogP) is 5.35. The van der Waals surface area contributed by atoms with Crippen LogP contribution in [0, 0.1) is 0 Å². The minimum Gasteiger partial charge on any atom is -0.338 e. The first kappa shape index (κ1) is 12.9.